The summed E-state index contributed by atoms with van der Waals surface area (Å²) in [6.45, 7) is 12.6. The molecule has 2 N–H and O–H groups in total. The molecule has 0 bridgehead atoms. The summed E-state index contributed by atoms with van der Waals surface area (Å²) in [6.07, 6.45) is 3.98. The standard InChI is InChI=1S/C17H27NO5/c1-7-13(19)10-9-12(3)11-14(15(20)22-8-2)18-16(21)23-17(4,5)6/h7,9-10,14,19H,3,8,11H2,1-2,4-6H3,(H,18,21)/b10-9-,13-7+/t14-/m0/s1. The third-order valence-corrected chi connectivity index (χ3v) is 2.51. The van der Waals surface area contributed by atoms with Gasteiger partial charge in [-0.15, -0.1) is 0 Å². The molecular weight excluding hydrogens is 298 g/mol. The van der Waals surface area contributed by atoms with Crippen molar-refractivity contribution in [3.8, 4) is 0 Å². The third kappa shape index (κ3) is 10.2. The Kier molecular flexibility index (Phi) is 8.77. The van der Waals surface area contributed by atoms with Crippen molar-refractivity contribution < 1.29 is 24.2 Å². The average molecular weight is 325 g/mol. The Morgan fingerprint density at radius 1 is 1.30 bits per heavy atom. The maximum atomic E-state index is 12.0. The first-order chi connectivity index (χ1) is 10.6. The summed E-state index contributed by atoms with van der Waals surface area (Å²) in [5, 5.41) is 11.8. The molecule has 6 heteroatoms. The van der Waals surface area contributed by atoms with Gasteiger partial charge in [-0.05, 0) is 46.8 Å². The van der Waals surface area contributed by atoms with Gasteiger partial charge in [-0.2, -0.15) is 0 Å². The normalized spacial score (nSPS) is 13.5. The molecule has 0 saturated heterocycles. The lowest BCUT2D eigenvalue weighted by Crippen LogP contribution is -2.44. The molecule has 1 atom stereocenters. The summed E-state index contributed by atoms with van der Waals surface area (Å²) in [4.78, 5) is 23.8. The van der Waals surface area contributed by atoms with Gasteiger partial charge in [0.2, 0.25) is 0 Å². The Balaban J connectivity index is 4.89. The molecule has 0 saturated carbocycles. The Hall–Kier alpha value is -2.24. The minimum atomic E-state index is -0.908. The largest absolute Gasteiger partial charge is 0.508 e. The fourth-order valence-corrected chi connectivity index (χ4v) is 1.52. The molecule has 0 aliphatic heterocycles. The zero-order valence-corrected chi connectivity index (χ0v) is 14.5. The molecule has 0 radical (unpaired) electrons. The summed E-state index contributed by atoms with van der Waals surface area (Å²) >= 11 is 0. The van der Waals surface area contributed by atoms with E-state index in [0.717, 1.165) is 0 Å². The summed E-state index contributed by atoms with van der Waals surface area (Å²) in [6, 6.07) is -0.908. The van der Waals surface area contributed by atoms with Gasteiger partial charge in [0.1, 0.15) is 17.4 Å². The molecular formula is C17H27NO5. The van der Waals surface area contributed by atoms with E-state index in [1.165, 1.54) is 12.2 Å². The van der Waals surface area contributed by atoms with E-state index in [2.05, 4.69) is 11.9 Å². The van der Waals surface area contributed by atoms with Gasteiger partial charge in [0, 0.05) is 6.42 Å². The summed E-state index contributed by atoms with van der Waals surface area (Å²) in [5.74, 6) is -0.484. The van der Waals surface area contributed by atoms with Crippen molar-refractivity contribution in [2.45, 2.75) is 52.7 Å². The van der Waals surface area contributed by atoms with Gasteiger partial charge in [-0.1, -0.05) is 18.2 Å². The van der Waals surface area contributed by atoms with Crippen molar-refractivity contribution in [1.29, 1.82) is 0 Å². The first-order valence-corrected chi connectivity index (χ1v) is 7.46. The molecule has 0 heterocycles. The van der Waals surface area contributed by atoms with Gasteiger partial charge in [-0.3, -0.25) is 0 Å². The first-order valence-electron chi connectivity index (χ1n) is 7.46. The summed E-state index contributed by atoms with van der Waals surface area (Å²) < 4.78 is 10.1. The number of carbonyl (C=O) groups excluding carboxylic acids is 2. The smallest absolute Gasteiger partial charge is 0.408 e. The van der Waals surface area contributed by atoms with Crippen LogP contribution in [-0.4, -0.2) is 35.4 Å². The zero-order chi connectivity index (χ0) is 18.0. The molecule has 0 aliphatic carbocycles. The van der Waals surface area contributed by atoms with Crippen LogP contribution in [0.2, 0.25) is 0 Å². The maximum Gasteiger partial charge on any atom is 0.408 e. The highest BCUT2D eigenvalue weighted by atomic mass is 16.6. The van der Waals surface area contributed by atoms with Crippen molar-refractivity contribution in [2.75, 3.05) is 6.61 Å². The Morgan fingerprint density at radius 3 is 2.39 bits per heavy atom. The van der Waals surface area contributed by atoms with E-state index < -0.39 is 23.7 Å². The van der Waals surface area contributed by atoms with E-state index in [1.807, 2.05) is 0 Å². The second-order valence-electron chi connectivity index (χ2n) is 5.86. The quantitative estimate of drug-likeness (QED) is 0.426. The number of rotatable bonds is 7. The number of carbonyl (C=O) groups is 2. The second-order valence-corrected chi connectivity index (χ2v) is 5.86. The van der Waals surface area contributed by atoms with Crippen LogP contribution >= 0.6 is 0 Å². The molecule has 0 rings (SSSR count). The Labute approximate surface area is 137 Å². The van der Waals surface area contributed by atoms with Crippen molar-refractivity contribution in [2.24, 2.45) is 0 Å². The van der Waals surface area contributed by atoms with Crippen LogP contribution in [0.4, 0.5) is 4.79 Å². The molecule has 0 fully saturated rings. The number of aliphatic hydroxyl groups excluding tert-OH is 1. The molecule has 0 spiro atoms. The van der Waals surface area contributed by atoms with Gasteiger partial charge in [-0.25, -0.2) is 9.59 Å². The molecule has 1 amide bonds. The molecule has 23 heavy (non-hydrogen) atoms. The van der Waals surface area contributed by atoms with E-state index in [-0.39, 0.29) is 18.8 Å². The summed E-state index contributed by atoms with van der Waals surface area (Å²) in [5.41, 5.74) is -0.120. The number of hydrogen-bond acceptors (Lipinski definition) is 5. The SMILES string of the molecule is C=C(/C=C\C(O)=C/C)C[C@H](NC(=O)OC(C)(C)C)C(=O)OCC. The maximum absolute atomic E-state index is 12.0. The monoisotopic (exact) mass is 325 g/mol. The number of alkyl carbamates (subject to hydrolysis) is 1. The average Bonchev–Trinajstić information content (AvgIpc) is 2.42. The number of amides is 1. The van der Waals surface area contributed by atoms with Crippen molar-refractivity contribution in [3.63, 3.8) is 0 Å². The molecule has 6 nitrogen and oxygen atoms in total. The lowest BCUT2D eigenvalue weighted by molar-refractivity contribution is -0.145. The fraction of sp³-hybridized carbons (Fsp3) is 0.529. The van der Waals surface area contributed by atoms with E-state index in [1.54, 1.807) is 40.7 Å². The number of ether oxygens (including phenoxy) is 2. The number of aliphatic hydroxyl groups is 1. The van der Waals surface area contributed by atoms with Gasteiger partial charge in [0.15, 0.2) is 0 Å². The predicted molar refractivity (Wildman–Crippen MR) is 89.1 cm³/mol. The molecule has 130 valence electrons. The van der Waals surface area contributed by atoms with Gasteiger partial charge in [0.05, 0.1) is 6.61 Å². The lowest BCUT2D eigenvalue weighted by atomic mass is 10.1. The fourth-order valence-electron chi connectivity index (χ4n) is 1.52. The van der Waals surface area contributed by atoms with Crippen LogP contribution in [0.25, 0.3) is 0 Å². The highest BCUT2D eigenvalue weighted by molar-refractivity contribution is 5.81. The van der Waals surface area contributed by atoms with Crippen molar-refractivity contribution in [1.82, 2.24) is 5.32 Å². The Morgan fingerprint density at radius 2 is 1.91 bits per heavy atom. The predicted octanol–water partition coefficient (Wildman–Crippen LogP) is 3.41. The molecule has 0 aromatic rings. The van der Waals surface area contributed by atoms with Gasteiger partial charge < -0.3 is 19.9 Å². The molecule has 0 aliphatic rings. The molecule has 0 unspecified atom stereocenters. The van der Waals surface area contributed by atoms with Crippen LogP contribution in [0.15, 0.2) is 36.1 Å². The van der Waals surface area contributed by atoms with Crippen LogP contribution in [0.5, 0.6) is 0 Å². The minimum absolute atomic E-state index is 0.0823. The number of nitrogens with one attached hydrogen (secondary N) is 1. The summed E-state index contributed by atoms with van der Waals surface area (Å²) in [7, 11) is 0. The third-order valence-electron chi connectivity index (χ3n) is 2.51. The second kappa shape index (κ2) is 9.71. The van der Waals surface area contributed by atoms with Crippen LogP contribution in [-0.2, 0) is 14.3 Å². The molecule has 0 aromatic carbocycles. The van der Waals surface area contributed by atoms with E-state index in [0.29, 0.717) is 5.57 Å². The number of esters is 1. The van der Waals surface area contributed by atoms with Gasteiger partial charge >= 0.3 is 12.1 Å². The lowest BCUT2D eigenvalue weighted by Gasteiger charge is -2.23. The number of hydrogen-bond donors (Lipinski definition) is 2. The van der Waals surface area contributed by atoms with Crippen LogP contribution < -0.4 is 5.32 Å². The first kappa shape index (κ1) is 20.8. The Bertz CT molecular complexity index is 486. The van der Waals surface area contributed by atoms with Crippen molar-refractivity contribution in [3.05, 3.63) is 36.1 Å². The topological polar surface area (TPSA) is 84.9 Å². The van der Waals surface area contributed by atoms with Crippen LogP contribution in [0.1, 0.15) is 41.0 Å². The highest BCUT2D eigenvalue weighted by Crippen LogP contribution is 2.11. The van der Waals surface area contributed by atoms with Crippen LogP contribution in [0.3, 0.4) is 0 Å². The van der Waals surface area contributed by atoms with E-state index >= 15 is 0 Å². The zero-order valence-electron chi connectivity index (χ0n) is 14.5. The minimum Gasteiger partial charge on any atom is -0.508 e. The van der Waals surface area contributed by atoms with E-state index in [4.69, 9.17) is 9.47 Å². The van der Waals surface area contributed by atoms with Crippen molar-refractivity contribution >= 4 is 12.1 Å². The van der Waals surface area contributed by atoms with Crippen LogP contribution in [0, 0.1) is 0 Å². The highest BCUT2D eigenvalue weighted by Gasteiger charge is 2.25. The number of allylic oxidation sites excluding steroid dienone is 3. The van der Waals surface area contributed by atoms with Gasteiger partial charge in [0.25, 0.3) is 0 Å². The van der Waals surface area contributed by atoms with E-state index in [9.17, 15) is 14.7 Å². The molecule has 0 aromatic heterocycles.